The summed E-state index contributed by atoms with van der Waals surface area (Å²) in [5, 5.41) is 0. The Hall–Kier alpha value is -0.600. The number of hydrogen-bond donors (Lipinski definition) is 0. The number of carbonyl (C=O) groups excluding carboxylic acids is 1. The first kappa shape index (κ1) is 6.52. The maximum atomic E-state index is 12.0. The Bertz CT molecular complexity index is 124. The molecule has 3 heteroatoms. The van der Waals surface area contributed by atoms with Crippen LogP contribution in [0.1, 0.15) is 13.3 Å². The molecule has 0 heterocycles. The quantitative estimate of drug-likeness (QED) is 0.522. The van der Waals surface area contributed by atoms with Crippen LogP contribution < -0.4 is 0 Å². The van der Waals surface area contributed by atoms with E-state index in [1.807, 2.05) is 0 Å². The molecule has 0 N–H and O–H groups in total. The van der Waals surface area contributed by atoms with Crippen molar-refractivity contribution in [2.45, 2.75) is 19.5 Å². The van der Waals surface area contributed by atoms with Crippen LogP contribution in [0.3, 0.4) is 0 Å². The summed E-state index contributed by atoms with van der Waals surface area (Å²) in [6.45, 7) is 2.07. The third kappa shape index (κ3) is 1.40. The molecule has 0 aromatic rings. The average molecular weight is 132 g/mol. The van der Waals surface area contributed by atoms with Gasteiger partial charge in [-0.3, -0.25) is 4.79 Å². The summed E-state index contributed by atoms with van der Waals surface area (Å²) < 4.78 is 16.6. The summed E-state index contributed by atoms with van der Waals surface area (Å²) in [6, 6.07) is 0. The van der Waals surface area contributed by atoms with Gasteiger partial charge in [-0.05, 0) is 13.3 Å². The Labute approximate surface area is 53.0 Å². The van der Waals surface area contributed by atoms with Crippen molar-refractivity contribution in [2.24, 2.45) is 5.92 Å². The van der Waals surface area contributed by atoms with E-state index in [0.29, 0.717) is 13.0 Å². The van der Waals surface area contributed by atoms with Gasteiger partial charge in [0.2, 0.25) is 0 Å². The van der Waals surface area contributed by atoms with Crippen LogP contribution in [-0.4, -0.2) is 18.7 Å². The van der Waals surface area contributed by atoms with E-state index in [4.69, 9.17) is 0 Å². The zero-order valence-corrected chi connectivity index (χ0v) is 5.26. The maximum Gasteiger partial charge on any atom is 0.311 e. The van der Waals surface area contributed by atoms with Gasteiger partial charge in [0, 0.05) is 0 Å². The van der Waals surface area contributed by atoms with Gasteiger partial charge in [-0.15, -0.1) is 0 Å². The van der Waals surface area contributed by atoms with Crippen LogP contribution in [0, 0.1) is 5.92 Å². The van der Waals surface area contributed by atoms with E-state index >= 15 is 0 Å². The van der Waals surface area contributed by atoms with E-state index in [2.05, 4.69) is 4.74 Å². The molecule has 1 fully saturated rings. The van der Waals surface area contributed by atoms with E-state index in [0.717, 1.165) is 0 Å². The predicted molar refractivity (Wildman–Crippen MR) is 29.6 cm³/mol. The van der Waals surface area contributed by atoms with E-state index in [1.54, 1.807) is 6.92 Å². The van der Waals surface area contributed by atoms with Gasteiger partial charge in [0.05, 0.1) is 12.5 Å². The third-order valence-corrected chi connectivity index (χ3v) is 1.30. The lowest BCUT2D eigenvalue weighted by atomic mass is 10.4. The summed E-state index contributed by atoms with van der Waals surface area (Å²) in [5.74, 6) is -0.824. The minimum Gasteiger partial charge on any atom is -0.466 e. The SMILES string of the molecule is CCOC(=O)[C@H]1C[C@@H]1F. The second kappa shape index (κ2) is 2.33. The van der Waals surface area contributed by atoms with Crippen molar-refractivity contribution in [1.82, 2.24) is 0 Å². The van der Waals surface area contributed by atoms with Crippen molar-refractivity contribution >= 4 is 5.97 Å². The number of rotatable bonds is 2. The van der Waals surface area contributed by atoms with Crippen LogP contribution in [0.2, 0.25) is 0 Å². The molecule has 2 atom stereocenters. The van der Waals surface area contributed by atoms with Crippen molar-refractivity contribution in [3.63, 3.8) is 0 Å². The molecular weight excluding hydrogens is 123 g/mol. The van der Waals surface area contributed by atoms with Crippen molar-refractivity contribution in [3.05, 3.63) is 0 Å². The summed E-state index contributed by atoms with van der Waals surface area (Å²) in [4.78, 5) is 10.6. The molecule has 2 nitrogen and oxygen atoms in total. The summed E-state index contributed by atoms with van der Waals surface area (Å²) >= 11 is 0. The molecule has 1 rings (SSSR count). The molecule has 1 aliphatic carbocycles. The number of hydrogen-bond acceptors (Lipinski definition) is 2. The molecule has 0 aromatic carbocycles. The fourth-order valence-electron chi connectivity index (χ4n) is 0.657. The molecule has 1 saturated carbocycles. The Kier molecular flexibility index (Phi) is 1.69. The van der Waals surface area contributed by atoms with Gasteiger partial charge in [0.25, 0.3) is 0 Å². The number of halogens is 1. The van der Waals surface area contributed by atoms with Gasteiger partial charge in [0.1, 0.15) is 6.17 Å². The van der Waals surface area contributed by atoms with Crippen molar-refractivity contribution in [2.75, 3.05) is 6.61 Å². The molecule has 0 aromatic heterocycles. The van der Waals surface area contributed by atoms with E-state index in [9.17, 15) is 9.18 Å². The first-order valence-corrected chi connectivity index (χ1v) is 3.06. The molecule has 52 valence electrons. The van der Waals surface area contributed by atoms with Gasteiger partial charge in [-0.1, -0.05) is 0 Å². The van der Waals surface area contributed by atoms with Crippen LogP contribution in [0.15, 0.2) is 0 Å². The number of ether oxygens (including phenoxy) is 1. The molecule has 0 radical (unpaired) electrons. The second-order valence-corrected chi connectivity index (χ2v) is 2.11. The molecule has 0 unspecified atom stereocenters. The lowest BCUT2D eigenvalue weighted by molar-refractivity contribution is -0.145. The number of carbonyl (C=O) groups is 1. The zero-order chi connectivity index (χ0) is 6.85. The molecule has 0 aliphatic heterocycles. The average Bonchev–Trinajstić information content (AvgIpc) is 2.47. The topological polar surface area (TPSA) is 26.3 Å². The summed E-state index contributed by atoms with van der Waals surface area (Å²) in [7, 11) is 0. The fraction of sp³-hybridized carbons (Fsp3) is 0.833. The molecule has 0 bridgehead atoms. The highest BCUT2D eigenvalue weighted by molar-refractivity contribution is 5.76. The molecule has 0 amide bonds. The standard InChI is InChI=1S/C6H9FO2/c1-2-9-6(8)4-3-5(4)7/h4-5H,2-3H2,1H3/t4-,5-/m0/s1. The number of esters is 1. The lowest BCUT2D eigenvalue weighted by Crippen LogP contribution is -2.07. The summed E-state index contributed by atoms with van der Waals surface area (Å²) in [6.07, 6.45) is -0.567. The van der Waals surface area contributed by atoms with Gasteiger partial charge >= 0.3 is 5.97 Å². The first-order chi connectivity index (χ1) is 4.25. The Morgan fingerprint density at radius 2 is 2.44 bits per heavy atom. The van der Waals surface area contributed by atoms with E-state index in [1.165, 1.54) is 0 Å². The highest BCUT2D eigenvalue weighted by Crippen LogP contribution is 2.34. The van der Waals surface area contributed by atoms with Crippen molar-refractivity contribution in [3.8, 4) is 0 Å². The summed E-state index contributed by atoms with van der Waals surface area (Å²) in [5.41, 5.74) is 0. The third-order valence-electron chi connectivity index (χ3n) is 1.30. The lowest BCUT2D eigenvalue weighted by Gasteiger charge is -1.95. The molecule has 0 spiro atoms. The Morgan fingerprint density at radius 1 is 1.89 bits per heavy atom. The predicted octanol–water partition coefficient (Wildman–Crippen LogP) is 0.908. The van der Waals surface area contributed by atoms with Gasteiger partial charge in [-0.25, -0.2) is 4.39 Å². The minimum atomic E-state index is -0.927. The van der Waals surface area contributed by atoms with Crippen LogP contribution >= 0.6 is 0 Å². The van der Waals surface area contributed by atoms with Crippen molar-refractivity contribution in [1.29, 1.82) is 0 Å². The van der Waals surface area contributed by atoms with E-state index in [-0.39, 0.29) is 5.97 Å². The van der Waals surface area contributed by atoms with Gasteiger partial charge in [-0.2, -0.15) is 0 Å². The smallest absolute Gasteiger partial charge is 0.311 e. The highest BCUT2D eigenvalue weighted by atomic mass is 19.1. The van der Waals surface area contributed by atoms with Crippen LogP contribution in [0.5, 0.6) is 0 Å². The van der Waals surface area contributed by atoms with Crippen LogP contribution in [-0.2, 0) is 9.53 Å². The fourth-order valence-corrected chi connectivity index (χ4v) is 0.657. The first-order valence-electron chi connectivity index (χ1n) is 3.06. The zero-order valence-electron chi connectivity index (χ0n) is 5.26. The second-order valence-electron chi connectivity index (χ2n) is 2.11. The highest BCUT2D eigenvalue weighted by Gasteiger charge is 2.44. The molecule has 1 aliphatic rings. The Morgan fingerprint density at radius 3 is 2.78 bits per heavy atom. The van der Waals surface area contributed by atoms with Crippen LogP contribution in [0.25, 0.3) is 0 Å². The molecule has 9 heavy (non-hydrogen) atoms. The van der Waals surface area contributed by atoms with E-state index < -0.39 is 12.1 Å². The minimum absolute atomic E-state index is 0.349. The van der Waals surface area contributed by atoms with Crippen molar-refractivity contribution < 1.29 is 13.9 Å². The maximum absolute atomic E-state index is 12.0. The molecule has 0 saturated heterocycles. The monoisotopic (exact) mass is 132 g/mol. The van der Waals surface area contributed by atoms with Gasteiger partial charge < -0.3 is 4.74 Å². The Balaban J connectivity index is 2.20. The normalized spacial score (nSPS) is 31.8. The number of alkyl halides is 1. The largest absolute Gasteiger partial charge is 0.466 e. The molecular formula is C6H9FO2. The van der Waals surface area contributed by atoms with Crippen LogP contribution in [0.4, 0.5) is 4.39 Å². The van der Waals surface area contributed by atoms with Gasteiger partial charge in [0.15, 0.2) is 0 Å².